The van der Waals surface area contributed by atoms with Gasteiger partial charge in [0.2, 0.25) is 0 Å². The molecule has 2 nitrogen and oxygen atoms in total. The lowest BCUT2D eigenvalue weighted by molar-refractivity contribution is 0.0210. The van der Waals surface area contributed by atoms with Crippen LogP contribution in [0, 0.1) is 5.92 Å². The third kappa shape index (κ3) is 1.32. The predicted molar refractivity (Wildman–Crippen MR) is 37.7 cm³/mol. The molecule has 1 aliphatic carbocycles. The van der Waals surface area contributed by atoms with Crippen LogP contribution in [-0.2, 0) is 4.74 Å². The summed E-state index contributed by atoms with van der Waals surface area (Å²) in [6.07, 6.45) is 3.63. The van der Waals surface area contributed by atoms with E-state index in [1.54, 1.807) is 0 Å². The van der Waals surface area contributed by atoms with Crippen molar-refractivity contribution in [1.29, 1.82) is 0 Å². The highest BCUT2D eigenvalue weighted by atomic mass is 16.6. The first-order valence-electron chi connectivity index (χ1n) is 4.02. The van der Waals surface area contributed by atoms with Gasteiger partial charge in [0.15, 0.2) is 0 Å². The molecule has 2 rings (SSSR count). The van der Waals surface area contributed by atoms with Crippen molar-refractivity contribution in [2.75, 3.05) is 6.61 Å². The Morgan fingerprint density at radius 2 is 2.20 bits per heavy atom. The van der Waals surface area contributed by atoms with Crippen LogP contribution < -0.4 is 0 Å². The van der Waals surface area contributed by atoms with Crippen LogP contribution in [0.1, 0.15) is 26.2 Å². The molecule has 0 bridgehead atoms. The molecule has 1 saturated heterocycles. The number of hydrogen-bond donors (Lipinski definition) is 1. The molecule has 0 radical (unpaired) electrons. The Morgan fingerprint density at radius 3 is 2.60 bits per heavy atom. The summed E-state index contributed by atoms with van der Waals surface area (Å²) in [4.78, 5) is 0. The van der Waals surface area contributed by atoms with Crippen LogP contribution in [0.2, 0.25) is 0 Å². The van der Waals surface area contributed by atoms with Gasteiger partial charge in [0.1, 0.15) is 0 Å². The summed E-state index contributed by atoms with van der Waals surface area (Å²) in [5, 5.41) is 9.78. The zero-order valence-electron chi connectivity index (χ0n) is 6.34. The third-order valence-electron chi connectivity index (χ3n) is 2.50. The molecule has 1 heterocycles. The number of aliphatic hydroxyl groups is 1. The van der Waals surface area contributed by atoms with Crippen molar-refractivity contribution in [2.24, 2.45) is 5.92 Å². The van der Waals surface area contributed by atoms with Crippen molar-refractivity contribution in [2.45, 2.75) is 37.9 Å². The zero-order valence-corrected chi connectivity index (χ0v) is 6.34. The molecule has 2 fully saturated rings. The van der Waals surface area contributed by atoms with Crippen LogP contribution in [0.3, 0.4) is 0 Å². The molecule has 2 atom stereocenters. The van der Waals surface area contributed by atoms with Crippen LogP contribution in [0.5, 0.6) is 0 Å². The molecule has 0 unspecified atom stereocenters. The molecule has 1 aliphatic heterocycles. The second-order valence-corrected chi connectivity index (χ2v) is 3.79. The maximum atomic E-state index is 9.78. The van der Waals surface area contributed by atoms with Gasteiger partial charge in [-0.25, -0.2) is 0 Å². The topological polar surface area (TPSA) is 32.8 Å². The van der Waals surface area contributed by atoms with E-state index in [4.69, 9.17) is 4.74 Å². The van der Waals surface area contributed by atoms with Gasteiger partial charge in [-0.3, -0.25) is 0 Å². The smallest absolute Gasteiger partial charge is 0.0837 e. The van der Waals surface area contributed by atoms with Gasteiger partial charge in [0.25, 0.3) is 0 Å². The molecular formula is C8H14O2. The maximum Gasteiger partial charge on any atom is 0.0837 e. The Labute approximate surface area is 61.2 Å². The minimum absolute atomic E-state index is 0.371. The Hall–Kier alpha value is -0.0800. The van der Waals surface area contributed by atoms with Gasteiger partial charge in [-0.2, -0.15) is 0 Å². The maximum absolute atomic E-state index is 9.78. The van der Waals surface area contributed by atoms with E-state index in [0.29, 0.717) is 12.0 Å². The molecule has 0 aromatic heterocycles. The molecule has 1 saturated carbocycles. The van der Waals surface area contributed by atoms with Gasteiger partial charge < -0.3 is 9.84 Å². The van der Waals surface area contributed by atoms with E-state index in [9.17, 15) is 5.11 Å². The van der Waals surface area contributed by atoms with E-state index in [1.165, 1.54) is 12.8 Å². The molecule has 0 spiro atoms. The number of rotatable bonds is 3. The number of hydrogen-bond acceptors (Lipinski definition) is 2. The molecule has 58 valence electrons. The first kappa shape index (κ1) is 6.62. The van der Waals surface area contributed by atoms with Crippen LogP contribution in [0.4, 0.5) is 0 Å². The van der Waals surface area contributed by atoms with Crippen molar-refractivity contribution in [3.63, 3.8) is 0 Å². The summed E-state index contributed by atoms with van der Waals surface area (Å²) < 4.78 is 5.06. The normalized spacial score (nSPS) is 37.2. The zero-order chi connectivity index (χ0) is 7.19. The summed E-state index contributed by atoms with van der Waals surface area (Å²) in [6, 6.07) is 0. The van der Waals surface area contributed by atoms with E-state index in [1.807, 2.05) is 6.92 Å². The van der Waals surface area contributed by atoms with E-state index in [-0.39, 0.29) is 0 Å². The van der Waals surface area contributed by atoms with E-state index in [0.717, 1.165) is 13.0 Å². The fourth-order valence-electron chi connectivity index (χ4n) is 1.52. The minimum Gasteiger partial charge on any atom is -0.390 e. The highest BCUT2D eigenvalue weighted by molar-refractivity contribution is 4.94. The summed E-state index contributed by atoms with van der Waals surface area (Å²) in [5.74, 6) is 0.566. The summed E-state index contributed by atoms with van der Waals surface area (Å²) in [5.41, 5.74) is -0.429. The van der Waals surface area contributed by atoms with Crippen molar-refractivity contribution < 1.29 is 9.84 Å². The molecule has 2 aliphatic rings. The van der Waals surface area contributed by atoms with Crippen molar-refractivity contribution in [3.05, 3.63) is 0 Å². The van der Waals surface area contributed by atoms with E-state index < -0.39 is 5.60 Å². The van der Waals surface area contributed by atoms with Gasteiger partial charge in [0.05, 0.1) is 18.3 Å². The first-order chi connectivity index (χ1) is 4.68. The van der Waals surface area contributed by atoms with Crippen LogP contribution in [0.25, 0.3) is 0 Å². The Morgan fingerprint density at radius 1 is 1.60 bits per heavy atom. The molecule has 0 aromatic rings. The Kier molecular flexibility index (Phi) is 1.29. The van der Waals surface area contributed by atoms with Crippen LogP contribution in [0.15, 0.2) is 0 Å². The average molecular weight is 142 g/mol. The molecule has 1 N–H and O–H groups in total. The van der Waals surface area contributed by atoms with E-state index >= 15 is 0 Å². The van der Waals surface area contributed by atoms with Crippen LogP contribution in [-0.4, -0.2) is 23.4 Å². The standard InChI is InChI=1S/C8H14O2/c1-8(9,6-2-3-6)4-7-5-10-7/h6-7,9H,2-5H2,1H3/t7-,8-/m0/s1. The Bertz CT molecular complexity index is 134. The molecule has 0 amide bonds. The van der Waals surface area contributed by atoms with Crippen molar-refractivity contribution in [3.8, 4) is 0 Å². The van der Waals surface area contributed by atoms with Crippen molar-refractivity contribution >= 4 is 0 Å². The highest BCUT2D eigenvalue weighted by Crippen LogP contribution is 2.43. The molecular weight excluding hydrogens is 128 g/mol. The predicted octanol–water partition coefficient (Wildman–Crippen LogP) is 0.936. The average Bonchev–Trinajstić information content (AvgIpc) is 2.58. The lowest BCUT2D eigenvalue weighted by Gasteiger charge is -2.21. The lowest BCUT2D eigenvalue weighted by atomic mass is 9.95. The van der Waals surface area contributed by atoms with Gasteiger partial charge in [0, 0.05) is 6.42 Å². The second-order valence-electron chi connectivity index (χ2n) is 3.79. The van der Waals surface area contributed by atoms with Gasteiger partial charge >= 0.3 is 0 Å². The lowest BCUT2D eigenvalue weighted by Crippen LogP contribution is -2.28. The second kappa shape index (κ2) is 1.95. The SMILES string of the molecule is C[C@](O)(C[C@H]1CO1)C1CC1. The fourth-order valence-corrected chi connectivity index (χ4v) is 1.52. The summed E-state index contributed by atoms with van der Waals surface area (Å²) in [6.45, 7) is 2.80. The molecule has 10 heavy (non-hydrogen) atoms. The number of epoxide rings is 1. The van der Waals surface area contributed by atoms with Crippen molar-refractivity contribution in [1.82, 2.24) is 0 Å². The van der Waals surface area contributed by atoms with Crippen LogP contribution >= 0.6 is 0 Å². The Balaban J connectivity index is 1.85. The molecule has 0 aromatic carbocycles. The van der Waals surface area contributed by atoms with E-state index in [2.05, 4.69) is 0 Å². The van der Waals surface area contributed by atoms with Gasteiger partial charge in [-0.1, -0.05) is 0 Å². The van der Waals surface area contributed by atoms with Gasteiger partial charge in [-0.15, -0.1) is 0 Å². The quantitative estimate of drug-likeness (QED) is 0.595. The third-order valence-corrected chi connectivity index (χ3v) is 2.50. The fraction of sp³-hybridized carbons (Fsp3) is 1.00. The molecule has 2 heteroatoms. The largest absolute Gasteiger partial charge is 0.390 e. The monoisotopic (exact) mass is 142 g/mol. The minimum atomic E-state index is -0.429. The van der Waals surface area contributed by atoms with Gasteiger partial charge in [-0.05, 0) is 25.7 Å². The first-order valence-corrected chi connectivity index (χ1v) is 4.02. The number of ether oxygens (including phenoxy) is 1. The summed E-state index contributed by atoms with van der Waals surface area (Å²) >= 11 is 0. The highest BCUT2D eigenvalue weighted by Gasteiger charge is 2.43. The summed E-state index contributed by atoms with van der Waals surface area (Å²) in [7, 11) is 0.